The zero-order chi connectivity index (χ0) is 21.1. The molecule has 0 aliphatic heterocycles. The van der Waals surface area contributed by atoms with Crippen molar-refractivity contribution in [1.29, 1.82) is 0 Å². The average molecular weight is 402 g/mol. The van der Waals surface area contributed by atoms with Crippen LogP contribution in [0.25, 0.3) is 10.9 Å². The van der Waals surface area contributed by atoms with Crippen LogP contribution in [0, 0.1) is 0 Å². The molecule has 1 aromatic heterocycles. The van der Waals surface area contributed by atoms with E-state index in [2.05, 4.69) is 5.32 Å². The Labute approximate surface area is 174 Å². The molecule has 2 aromatic carbocycles. The van der Waals surface area contributed by atoms with Crippen LogP contribution in [0.5, 0.6) is 0 Å². The lowest BCUT2D eigenvalue weighted by Crippen LogP contribution is -2.22. The van der Waals surface area contributed by atoms with Crippen LogP contribution in [-0.4, -0.2) is 29.3 Å². The highest BCUT2D eigenvalue weighted by molar-refractivity contribution is 6.06. The van der Waals surface area contributed by atoms with Crippen LogP contribution in [0.3, 0.4) is 0 Å². The third-order valence-corrected chi connectivity index (χ3v) is 5.26. The standard InChI is InChI=1S/C24H22N2O4/c1-15(27)16-7-6-8-17(13-16)25-22(28)14-30-24(29)23-18-9-2-4-11-20(18)26-21-12-5-3-10-19(21)23/h2,4,6-9,11,13H,3,5,10,12,14H2,1H3,(H,25,28). The minimum Gasteiger partial charge on any atom is -0.452 e. The van der Waals surface area contributed by atoms with E-state index in [1.165, 1.54) is 6.92 Å². The second-order valence-corrected chi connectivity index (χ2v) is 7.40. The summed E-state index contributed by atoms with van der Waals surface area (Å²) in [4.78, 5) is 41.5. The molecule has 0 saturated heterocycles. The van der Waals surface area contributed by atoms with Crippen molar-refractivity contribution in [2.24, 2.45) is 0 Å². The Morgan fingerprint density at radius 3 is 2.67 bits per heavy atom. The number of Topliss-reactive ketones (excluding diaryl/α,β-unsaturated/α-hetero) is 1. The molecule has 0 fully saturated rings. The Kier molecular flexibility index (Phi) is 5.57. The highest BCUT2D eigenvalue weighted by atomic mass is 16.5. The number of rotatable bonds is 5. The molecule has 4 rings (SSSR count). The first kappa shape index (κ1) is 19.8. The van der Waals surface area contributed by atoms with Gasteiger partial charge in [-0.05, 0) is 56.4 Å². The lowest BCUT2D eigenvalue weighted by Gasteiger charge is -2.19. The molecule has 152 valence electrons. The fraction of sp³-hybridized carbons (Fsp3) is 0.250. The monoisotopic (exact) mass is 402 g/mol. The maximum atomic E-state index is 13.0. The summed E-state index contributed by atoms with van der Waals surface area (Å²) in [7, 11) is 0. The number of pyridine rings is 1. The number of nitrogens with one attached hydrogen (secondary N) is 1. The SMILES string of the molecule is CC(=O)c1cccc(NC(=O)COC(=O)c2c3c(nc4ccccc24)CCCC3)c1. The predicted molar refractivity (Wildman–Crippen MR) is 114 cm³/mol. The maximum Gasteiger partial charge on any atom is 0.339 e. The molecule has 0 bridgehead atoms. The zero-order valence-corrected chi connectivity index (χ0v) is 16.7. The van der Waals surface area contributed by atoms with E-state index in [4.69, 9.17) is 9.72 Å². The van der Waals surface area contributed by atoms with Gasteiger partial charge in [-0.1, -0.05) is 30.3 Å². The number of anilines is 1. The number of esters is 1. The van der Waals surface area contributed by atoms with Crippen molar-refractivity contribution in [3.05, 3.63) is 70.9 Å². The van der Waals surface area contributed by atoms with E-state index in [1.54, 1.807) is 24.3 Å². The number of amides is 1. The number of para-hydroxylation sites is 1. The van der Waals surface area contributed by atoms with Gasteiger partial charge in [0, 0.05) is 22.3 Å². The van der Waals surface area contributed by atoms with Crippen molar-refractivity contribution < 1.29 is 19.1 Å². The summed E-state index contributed by atoms with van der Waals surface area (Å²) >= 11 is 0. The van der Waals surface area contributed by atoms with Gasteiger partial charge in [0.2, 0.25) is 0 Å². The van der Waals surface area contributed by atoms with Gasteiger partial charge in [0.1, 0.15) is 0 Å². The summed E-state index contributed by atoms with van der Waals surface area (Å²) < 4.78 is 5.37. The second kappa shape index (κ2) is 8.45. The molecule has 3 aromatic rings. The van der Waals surface area contributed by atoms with Crippen molar-refractivity contribution in [2.75, 3.05) is 11.9 Å². The fourth-order valence-electron chi connectivity index (χ4n) is 3.82. The molecular formula is C24H22N2O4. The van der Waals surface area contributed by atoms with E-state index in [1.807, 2.05) is 24.3 Å². The molecule has 1 N–H and O–H groups in total. The summed E-state index contributed by atoms with van der Waals surface area (Å²) in [6, 6.07) is 14.1. The van der Waals surface area contributed by atoms with Crippen molar-refractivity contribution in [3.63, 3.8) is 0 Å². The van der Waals surface area contributed by atoms with Crippen LogP contribution in [0.1, 0.15) is 51.7 Å². The molecule has 1 heterocycles. The molecular weight excluding hydrogens is 380 g/mol. The number of carbonyl (C=O) groups excluding carboxylic acids is 3. The van der Waals surface area contributed by atoms with Crippen molar-refractivity contribution in [3.8, 4) is 0 Å². The van der Waals surface area contributed by atoms with E-state index in [0.717, 1.165) is 47.8 Å². The molecule has 0 spiro atoms. The van der Waals surface area contributed by atoms with Crippen LogP contribution >= 0.6 is 0 Å². The van der Waals surface area contributed by atoms with E-state index in [0.29, 0.717) is 16.8 Å². The van der Waals surface area contributed by atoms with Crippen LogP contribution in [-0.2, 0) is 22.4 Å². The number of nitrogens with zero attached hydrogens (tertiary/aromatic N) is 1. The third kappa shape index (κ3) is 4.08. The Morgan fingerprint density at radius 1 is 1.03 bits per heavy atom. The number of ether oxygens (including phenoxy) is 1. The average Bonchev–Trinajstić information content (AvgIpc) is 2.76. The Hall–Kier alpha value is -3.54. The number of hydrogen-bond acceptors (Lipinski definition) is 5. The summed E-state index contributed by atoms with van der Waals surface area (Å²) in [5.41, 5.74) is 4.13. The molecule has 0 atom stereocenters. The van der Waals surface area contributed by atoms with Gasteiger partial charge >= 0.3 is 5.97 Å². The topological polar surface area (TPSA) is 85.4 Å². The summed E-state index contributed by atoms with van der Waals surface area (Å²) in [6.45, 7) is 1.05. The van der Waals surface area contributed by atoms with Crippen molar-refractivity contribution in [1.82, 2.24) is 4.98 Å². The van der Waals surface area contributed by atoms with Gasteiger partial charge < -0.3 is 10.1 Å². The maximum absolute atomic E-state index is 13.0. The normalized spacial score (nSPS) is 12.8. The number of fused-ring (bicyclic) bond motifs is 2. The molecule has 30 heavy (non-hydrogen) atoms. The van der Waals surface area contributed by atoms with Gasteiger partial charge in [-0.25, -0.2) is 4.79 Å². The van der Waals surface area contributed by atoms with E-state index in [-0.39, 0.29) is 5.78 Å². The summed E-state index contributed by atoms with van der Waals surface area (Å²) in [5.74, 6) is -1.07. The van der Waals surface area contributed by atoms with Gasteiger partial charge in [-0.2, -0.15) is 0 Å². The number of hydrogen-bond donors (Lipinski definition) is 1. The van der Waals surface area contributed by atoms with Gasteiger partial charge in [-0.15, -0.1) is 0 Å². The molecule has 0 unspecified atom stereocenters. The molecule has 6 heteroatoms. The van der Waals surface area contributed by atoms with Gasteiger partial charge in [0.25, 0.3) is 5.91 Å². The lowest BCUT2D eigenvalue weighted by atomic mass is 9.90. The molecule has 1 amide bonds. The van der Waals surface area contributed by atoms with Crippen LogP contribution < -0.4 is 5.32 Å². The zero-order valence-electron chi connectivity index (χ0n) is 16.7. The molecule has 0 radical (unpaired) electrons. The van der Waals surface area contributed by atoms with E-state index < -0.39 is 18.5 Å². The van der Waals surface area contributed by atoms with Gasteiger partial charge in [0.15, 0.2) is 12.4 Å². The first-order chi connectivity index (χ1) is 14.5. The lowest BCUT2D eigenvalue weighted by molar-refractivity contribution is -0.119. The van der Waals surface area contributed by atoms with Crippen molar-refractivity contribution >= 4 is 34.3 Å². The summed E-state index contributed by atoms with van der Waals surface area (Å²) in [5, 5.41) is 3.41. The highest BCUT2D eigenvalue weighted by Crippen LogP contribution is 2.29. The number of carbonyl (C=O) groups is 3. The largest absolute Gasteiger partial charge is 0.452 e. The van der Waals surface area contributed by atoms with E-state index >= 15 is 0 Å². The Balaban J connectivity index is 1.52. The fourth-order valence-corrected chi connectivity index (χ4v) is 3.82. The smallest absolute Gasteiger partial charge is 0.339 e. The summed E-state index contributed by atoms with van der Waals surface area (Å²) in [6.07, 6.45) is 3.67. The first-order valence-electron chi connectivity index (χ1n) is 10.0. The van der Waals surface area contributed by atoms with Crippen LogP contribution in [0.2, 0.25) is 0 Å². The number of benzene rings is 2. The molecule has 1 aliphatic carbocycles. The quantitative estimate of drug-likeness (QED) is 0.513. The number of aromatic nitrogens is 1. The third-order valence-electron chi connectivity index (χ3n) is 5.26. The van der Waals surface area contributed by atoms with Gasteiger partial charge in [0.05, 0.1) is 11.1 Å². The molecule has 1 aliphatic rings. The van der Waals surface area contributed by atoms with Crippen molar-refractivity contribution in [2.45, 2.75) is 32.6 Å². The van der Waals surface area contributed by atoms with E-state index in [9.17, 15) is 14.4 Å². The van der Waals surface area contributed by atoms with Crippen LogP contribution in [0.4, 0.5) is 5.69 Å². The molecule has 0 saturated carbocycles. The Bertz CT molecular complexity index is 1150. The minimum absolute atomic E-state index is 0.0909. The second-order valence-electron chi connectivity index (χ2n) is 7.40. The number of aryl methyl sites for hydroxylation is 1. The predicted octanol–water partition coefficient (Wildman–Crippen LogP) is 4.11. The first-order valence-corrected chi connectivity index (χ1v) is 10.0. The van der Waals surface area contributed by atoms with Gasteiger partial charge in [-0.3, -0.25) is 14.6 Å². The highest BCUT2D eigenvalue weighted by Gasteiger charge is 2.24. The number of ketones is 1. The molecule has 6 nitrogen and oxygen atoms in total. The Morgan fingerprint density at radius 2 is 1.83 bits per heavy atom. The van der Waals surface area contributed by atoms with Crippen LogP contribution in [0.15, 0.2) is 48.5 Å². The minimum atomic E-state index is -0.514.